The minimum atomic E-state index is -0.873. The first-order valence-corrected chi connectivity index (χ1v) is 5.72. The average Bonchev–Trinajstić information content (AvgIpc) is 2.32. The number of methoxy groups -OCH3 is 1. The van der Waals surface area contributed by atoms with Crippen molar-refractivity contribution in [3.05, 3.63) is 35.4 Å². The zero-order valence-corrected chi connectivity index (χ0v) is 10.7. The van der Waals surface area contributed by atoms with E-state index in [1.54, 1.807) is 0 Å². The molecule has 0 aliphatic rings. The molecule has 1 aromatic rings. The molecule has 2 atom stereocenters. The fourth-order valence-corrected chi connectivity index (χ4v) is 1.70. The summed E-state index contributed by atoms with van der Waals surface area (Å²) in [6.45, 7) is 3.65. The van der Waals surface area contributed by atoms with E-state index in [0.29, 0.717) is 5.56 Å². The van der Waals surface area contributed by atoms with Crippen molar-refractivity contribution in [2.24, 2.45) is 0 Å². The maximum Gasteiger partial charge on any atom is 0.307 e. The molecule has 3 nitrogen and oxygen atoms in total. The molecule has 1 aromatic carbocycles. The Labute approximate surface area is 105 Å². The van der Waals surface area contributed by atoms with Crippen LogP contribution >= 0.6 is 0 Å². The maximum absolute atomic E-state index is 13.1. The van der Waals surface area contributed by atoms with E-state index < -0.39 is 11.6 Å². The van der Waals surface area contributed by atoms with E-state index in [4.69, 9.17) is 0 Å². The third-order valence-corrected chi connectivity index (χ3v) is 2.68. The summed E-state index contributed by atoms with van der Waals surface area (Å²) in [4.78, 5) is 11.1. The van der Waals surface area contributed by atoms with E-state index in [2.05, 4.69) is 10.1 Å². The molecule has 1 rings (SSSR count). The molecular weight excluding hydrogens is 240 g/mol. The van der Waals surface area contributed by atoms with Crippen LogP contribution in [0.25, 0.3) is 0 Å². The summed E-state index contributed by atoms with van der Waals surface area (Å²) in [5.41, 5.74) is 0.630. The van der Waals surface area contributed by atoms with Gasteiger partial charge < -0.3 is 10.1 Å². The first-order valence-electron chi connectivity index (χ1n) is 5.72. The predicted molar refractivity (Wildman–Crippen MR) is 64.0 cm³/mol. The second kappa shape index (κ2) is 6.44. The zero-order chi connectivity index (χ0) is 13.7. The van der Waals surface area contributed by atoms with E-state index in [0.717, 1.165) is 12.1 Å². The molecule has 100 valence electrons. The molecule has 0 spiro atoms. The van der Waals surface area contributed by atoms with Gasteiger partial charge in [0.1, 0.15) is 0 Å². The van der Waals surface area contributed by atoms with E-state index in [1.165, 1.54) is 13.2 Å². The van der Waals surface area contributed by atoms with Gasteiger partial charge in [-0.05, 0) is 31.5 Å². The van der Waals surface area contributed by atoms with Gasteiger partial charge in [0.25, 0.3) is 0 Å². The van der Waals surface area contributed by atoms with Gasteiger partial charge in [-0.15, -0.1) is 0 Å². The van der Waals surface area contributed by atoms with Gasteiger partial charge in [0, 0.05) is 12.1 Å². The fourth-order valence-electron chi connectivity index (χ4n) is 1.70. The van der Waals surface area contributed by atoms with Crippen LogP contribution in [0.3, 0.4) is 0 Å². The molecule has 0 amide bonds. The highest BCUT2D eigenvalue weighted by molar-refractivity contribution is 5.69. The van der Waals surface area contributed by atoms with E-state index >= 15 is 0 Å². The van der Waals surface area contributed by atoms with Gasteiger partial charge in [-0.1, -0.05) is 6.07 Å². The Hall–Kier alpha value is -1.49. The van der Waals surface area contributed by atoms with Crippen molar-refractivity contribution < 1.29 is 18.3 Å². The molecule has 0 aromatic heterocycles. The number of ether oxygens (including phenoxy) is 1. The van der Waals surface area contributed by atoms with Crippen LogP contribution in [0.2, 0.25) is 0 Å². The minimum absolute atomic E-state index is 0.111. The Morgan fingerprint density at radius 1 is 1.33 bits per heavy atom. The van der Waals surface area contributed by atoms with Crippen molar-refractivity contribution in [1.82, 2.24) is 5.32 Å². The molecule has 0 aliphatic carbocycles. The Kier molecular flexibility index (Phi) is 5.22. The first-order chi connectivity index (χ1) is 8.43. The first kappa shape index (κ1) is 14.6. The smallest absolute Gasteiger partial charge is 0.307 e. The SMILES string of the molecule is COC(=O)CC(C)NC(C)c1ccc(F)c(F)c1. The predicted octanol–water partition coefficient (Wildman–Crippen LogP) is 2.57. The molecule has 0 fully saturated rings. The quantitative estimate of drug-likeness (QED) is 0.824. The van der Waals surface area contributed by atoms with Crippen LogP contribution < -0.4 is 5.32 Å². The van der Waals surface area contributed by atoms with Crippen molar-refractivity contribution >= 4 is 5.97 Å². The molecule has 1 N–H and O–H groups in total. The third kappa shape index (κ3) is 4.07. The topological polar surface area (TPSA) is 38.3 Å². The largest absolute Gasteiger partial charge is 0.469 e. The molecule has 2 unspecified atom stereocenters. The van der Waals surface area contributed by atoms with Crippen molar-refractivity contribution in [2.45, 2.75) is 32.4 Å². The van der Waals surface area contributed by atoms with Gasteiger partial charge in [0.2, 0.25) is 0 Å². The van der Waals surface area contributed by atoms with Crippen LogP contribution in [0.5, 0.6) is 0 Å². The minimum Gasteiger partial charge on any atom is -0.469 e. The maximum atomic E-state index is 13.1. The number of halogens is 2. The molecule has 0 saturated carbocycles. The average molecular weight is 257 g/mol. The van der Waals surface area contributed by atoms with E-state index in [1.807, 2.05) is 13.8 Å². The summed E-state index contributed by atoms with van der Waals surface area (Å²) >= 11 is 0. The molecule has 0 saturated heterocycles. The van der Waals surface area contributed by atoms with Gasteiger partial charge in [-0.2, -0.15) is 0 Å². The number of carbonyl (C=O) groups is 1. The Morgan fingerprint density at radius 2 is 2.00 bits per heavy atom. The summed E-state index contributed by atoms with van der Waals surface area (Å²) in [6.07, 6.45) is 0.227. The van der Waals surface area contributed by atoms with E-state index in [9.17, 15) is 13.6 Å². The van der Waals surface area contributed by atoms with E-state index in [-0.39, 0.29) is 24.5 Å². The van der Waals surface area contributed by atoms with Crippen molar-refractivity contribution in [2.75, 3.05) is 7.11 Å². The second-order valence-corrected chi connectivity index (χ2v) is 4.24. The molecule has 0 radical (unpaired) electrons. The summed E-state index contributed by atoms with van der Waals surface area (Å²) in [5.74, 6) is -2.05. The van der Waals surface area contributed by atoms with Gasteiger partial charge in [0.15, 0.2) is 11.6 Å². The number of rotatable bonds is 5. The second-order valence-electron chi connectivity index (χ2n) is 4.24. The molecular formula is C13H17F2NO2. The molecule has 0 bridgehead atoms. The lowest BCUT2D eigenvalue weighted by Crippen LogP contribution is -2.31. The molecule has 18 heavy (non-hydrogen) atoms. The van der Waals surface area contributed by atoms with Crippen molar-refractivity contribution in [1.29, 1.82) is 0 Å². The zero-order valence-electron chi connectivity index (χ0n) is 10.7. The monoisotopic (exact) mass is 257 g/mol. The fraction of sp³-hybridized carbons (Fsp3) is 0.462. The van der Waals surface area contributed by atoms with Gasteiger partial charge in [-0.3, -0.25) is 4.79 Å². The standard InChI is InChI=1S/C13H17F2NO2/c1-8(6-13(17)18-3)16-9(2)10-4-5-11(14)12(15)7-10/h4-5,7-9,16H,6H2,1-3H3. The number of hydrogen-bond acceptors (Lipinski definition) is 3. The Morgan fingerprint density at radius 3 is 2.56 bits per heavy atom. The molecule has 0 heterocycles. The number of hydrogen-bond donors (Lipinski definition) is 1. The summed E-state index contributed by atoms with van der Waals surface area (Å²) in [7, 11) is 1.33. The number of benzene rings is 1. The third-order valence-electron chi connectivity index (χ3n) is 2.68. The highest BCUT2D eigenvalue weighted by Gasteiger charge is 2.14. The van der Waals surface area contributed by atoms with Crippen molar-refractivity contribution in [3.8, 4) is 0 Å². The lowest BCUT2D eigenvalue weighted by atomic mass is 10.1. The summed E-state index contributed by atoms with van der Waals surface area (Å²) in [5, 5.41) is 3.12. The number of esters is 1. The lowest BCUT2D eigenvalue weighted by molar-refractivity contribution is -0.141. The lowest BCUT2D eigenvalue weighted by Gasteiger charge is -2.19. The normalized spacial score (nSPS) is 14.1. The van der Waals surface area contributed by atoms with Crippen LogP contribution in [0.1, 0.15) is 31.9 Å². The summed E-state index contributed by atoms with van der Waals surface area (Å²) < 4.78 is 30.4. The highest BCUT2D eigenvalue weighted by Crippen LogP contribution is 2.16. The Balaban J connectivity index is 2.61. The molecule has 0 aliphatic heterocycles. The highest BCUT2D eigenvalue weighted by atomic mass is 19.2. The number of carbonyl (C=O) groups excluding carboxylic acids is 1. The Bertz CT molecular complexity index is 423. The van der Waals surface area contributed by atoms with Crippen LogP contribution in [-0.4, -0.2) is 19.1 Å². The van der Waals surface area contributed by atoms with Gasteiger partial charge in [0.05, 0.1) is 13.5 Å². The van der Waals surface area contributed by atoms with Crippen LogP contribution in [0, 0.1) is 11.6 Å². The molecule has 5 heteroatoms. The number of nitrogens with one attached hydrogen (secondary N) is 1. The van der Waals surface area contributed by atoms with Gasteiger partial charge in [-0.25, -0.2) is 8.78 Å². The van der Waals surface area contributed by atoms with Crippen molar-refractivity contribution in [3.63, 3.8) is 0 Å². The van der Waals surface area contributed by atoms with Gasteiger partial charge >= 0.3 is 5.97 Å². The van der Waals surface area contributed by atoms with Crippen LogP contribution in [0.15, 0.2) is 18.2 Å². The van der Waals surface area contributed by atoms with Crippen LogP contribution in [0.4, 0.5) is 8.78 Å². The van der Waals surface area contributed by atoms with Crippen LogP contribution in [-0.2, 0) is 9.53 Å². The summed E-state index contributed by atoms with van der Waals surface area (Å²) in [6, 6.07) is 3.47.